The van der Waals surface area contributed by atoms with Crippen molar-refractivity contribution in [3.63, 3.8) is 0 Å². The molecule has 0 aliphatic carbocycles. The van der Waals surface area contributed by atoms with Gasteiger partial charge in [0.25, 0.3) is 0 Å². The van der Waals surface area contributed by atoms with Gasteiger partial charge in [-0.25, -0.2) is 14.6 Å². The van der Waals surface area contributed by atoms with Crippen molar-refractivity contribution in [3.05, 3.63) is 18.8 Å². The Morgan fingerprint density at radius 1 is 1.43 bits per heavy atom. The Balaban J connectivity index is 3.39. The molecule has 0 rings (SSSR count). The van der Waals surface area contributed by atoms with Gasteiger partial charge in [-0.15, -0.1) is 0 Å². The lowest BCUT2D eigenvalue weighted by atomic mass is 10.2. The van der Waals surface area contributed by atoms with Crippen molar-refractivity contribution in [2.75, 3.05) is 6.61 Å². The van der Waals surface area contributed by atoms with E-state index in [4.69, 9.17) is 14.5 Å². The van der Waals surface area contributed by atoms with E-state index in [2.05, 4.69) is 6.58 Å². The molecule has 0 fully saturated rings. The average molecular weight is 201 g/mol. The summed E-state index contributed by atoms with van der Waals surface area (Å²) in [5.74, 6) is -0.444. The van der Waals surface area contributed by atoms with Crippen molar-refractivity contribution >= 4 is 5.97 Å². The summed E-state index contributed by atoms with van der Waals surface area (Å²) >= 11 is 0. The van der Waals surface area contributed by atoms with Crippen LogP contribution in [0.3, 0.4) is 0 Å². The fourth-order valence-corrected chi connectivity index (χ4v) is 0.439. The quantitative estimate of drug-likeness (QED) is 0.224. The molecule has 81 valence electrons. The van der Waals surface area contributed by atoms with Gasteiger partial charge in [-0.1, -0.05) is 6.58 Å². The zero-order valence-corrected chi connectivity index (χ0v) is 9.12. The molecular weight excluding hydrogens is 184 g/mol. The van der Waals surface area contributed by atoms with E-state index in [1.54, 1.807) is 6.92 Å². The second-order valence-corrected chi connectivity index (χ2v) is 3.84. The topological polar surface area (TPSA) is 44.8 Å². The summed E-state index contributed by atoms with van der Waals surface area (Å²) in [7, 11) is 0. The third-order valence-corrected chi connectivity index (χ3v) is 0.997. The summed E-state index contributed by atoms with van der Waals surface area (Å²) in [6, 6.07) is 0. The van der Waals surface area contributed by atoms with Crippen molar-refractivity contribution in [2.45, 2.75) is 33.3 Å². The van der Waals surface area contributed by atoms with Gasteiger partial charge in [-0.3, -0.25) is 0 Å². The van der Waals surface area contributed by atoms with Crippen LogP contribution in [0.2, 0.25) is 0 Å². The average Bonchev–Trinajstić information content (AvgIpc) is 2.01. The van der Waals surface area contributed by atoms with Crippen molar-refractivity contribution < 1.29 is 19.3 Å². The van der Waals surface area contributed by atoms with Gasteiger partial charge in [0, 0.05) is 5.57 Å². The van der Waals surface area contributed by atoms with Crippen LogP contribution < -0.4 is 0 Å². The summed E-state index contributed by atoms with van der Waals surface area (Å²) in [6.45, 7) is 11.9. The number of hydrogen-bond donors (Lipinski definition) is 0. The van der Waals surface area contributed by atoms with E-state index in [1.165, 1.54) is 6.61 Å². The highest BCUT2D eigenvalue weighted by atomic mass is 17.2. The van der Waals surface area contributed by atoms with Crippen LogP contribution in [0.4, 0.5) is 0 Å². The molecule has 14 heavy (non-hydrogen) atoms. The molecule has 0 aliphatic heterocycles. The van der Waals surface area contributed by atoms with Gasteiger partial charge in [-0.2, -0.15) is 0 Å². The highest BCUT2D eigenvalue weighted by Crippen LogP contribution is 2.07. The van der Waals surface area contributed by atoms with Crippen molar-refractivity contribution in [1.82, 2.24) is 0 Å². The fraction of sp³-hybridized carbons (Fsp3) is 0.600. The summed E-state index contributed by atoms with van der Waals surface area (Å²) in [5.41, 5.74) is -0.0235. The van der Waals surface area contributed by atoms with E-state index < -0.39 is 5.97 Å². The summed E-state index contributed by atoms with van der Waals surface area (Å²) in [5, 5.41) is 0. The van der Waals surface area contributed by atoms with E-state index in [9.17, 15) is 4.79 Å². The Morgan fingerprint density at radius 3 is 2.43 bits per heavy atom. The molecule has 0 amide bonds. The minimum atomic E-state index is -0.444. The lowest BCUT2D eigenvalue weighted by molar-refractivity contribution is -0.328. The molecule has 0 unspecified atom stereocenters. The second-order valence-electron chi connectivity index (χ2n) is 3.84. The maximum absolute atomic E-state index is 10.9. The standard InChI is InChI=1S/C10H17O4/c1-8(2)9(11)12-6-7-13-14-10(3,4)5/h7H,1,6H2,2-5H3. The molecule has 0 N–H and O–H groups in total. The first-order valence-corrected chi connectivity index (χ1v) is 4.32. The molecule has 0 spiro atoms. The van der Waals surface area contributed by atoms with Crippen LogP contribution in [0.25, 0.3) is 0 Å². The smallest absolute Gasteiger partial charge is 0.333 e. The maximum atomic E-state index is 10.9. The van der Waals surface area contributed by atoms with Gasteiger partial charge < -0.3 is 4.74 Å². The lowest BCUT2D eigenvalue weighted by Gasteiger charge is -2.16. The lowest BCUT2D eigenvalue weighted by Crippen LogP contribution is -2.19. The number of ether oxygens (including phenoxy) is 1. The Morgan fingerprint density at radius 2 is 2.00 bits per heavy atom. The summed E-state index contributed by atoms with van der Waals surface area (Å²) in [4.78, 5) is 20.5. The molecule has 0 atom stereocenters. The molecule has 0 aromatic heterocycles. The highest BCUT2D eigenvalue weighted by molar-refractivity contribution is 5.86. The van der Waals surface area contributed by atoms with Gasteiger partial charge in [0.15, 0.2) is 6.61 Å². The first-order valence-electron chi connectivity index (χ1n) is 4.32. The molecule has 0 aromatic carbocycles. The van der Waals surface area contributed by atoms with E-state index in [1.807, 2.05) is 20.8 Å². The van der Waals surface area contributed by atoms with Crippen molar-refractivity contribution in [2.24, 2.45) is 0 Å². The van der Waals surface area contributed by atoms with Gasteiger partial charge in [0.1, 0.15) is 6.61 Å². The zero-order valence-electron chi connectivity index (χ0n) is 9.12. The Hall–Kier alpha value is -0.870. The number of rotatable bonds is 5. The fourth-order valence-electron chi connectivity index (χ4n) is 0.439. The molecular formula is C10H17O4. The number of esters is 1. The predicted molar refractivity (Wildman–Crippen MR) is 52.0 cm³/mol. The van der Waals surface area contributed by atoms with Crippen LogP contribution >= 0.6 is 0 Å². The van der Waals surface area contributed by atoms with Gasteiger partial charge in [0.05, 0.1) is 5.60 Å². The summed E-state index contributed by atoms with van der Waals surface area (Å²) in [6.07, 6.45) is 0. The third-order valence-electron chi connectivity index (χ3n) is 0.997. The normalized spacial score (nSPS) is 11.1. The third kappa shape index (κ3) is 7.76. The van der Waals surface area contributed by atoms with Crippen LogP contribution in [0.15, 0.2) is 12.2 Å². The Labute approximate surface area is 84.8 Å². The molecule has 0 bridgehead atoms. The molecule has 4 heteroatoms. The number of hydrogen-bond acceptors (Lipinski definition) is 4. The molecule has 0 heterocycles. The molecule has 0 saturated heterocycles. The Kier molecular flexibility index (Phi) is 5.42. The van der Waals surface area contributed by atoms with Crippen LogP contribution in [0, 0.1) is 6.61 Å². The minimum Gasteiger partial charge on any atom is -0.459 e. The zero-order chi connectivity index (χ0) is 11.2. The highest BCUT2D eigenvalue weighted by Gasteiger charge is 2.11. The van der Waals surface area contributed by atoms with E-state index in [0.29, 0.717) is 5.57 Å². The molecule has 4 nitrogen and oxygen atoms in total. The number of carbonyl (C=O) groups is 1. The predicted octanol–water partition coefficient (Wildman–Crippen LogP) is 2.01. The van der Waals surface area contributed by atoms with E-state index in [-0.39, 0.29) is 12.2 Å². The van der Waals surface area contributed by atoms with Gasteiger partial charge in [0.2, 0.25) is 0 Å². The minimum absolute atomic E-state index is 0.0434. The molecule has 0 aliphatic rings. The second kappa shape index (κ2) is 5.78. The van der Waals surface area contributed by atoms with E-state index >= 15 is 0 Å². The first kappa shape index (κ1) is 13.1. The van der Waals surface area contributed by atoms with Crippen molar-refractivity contribution in [1.29, 1.82) is 0 Å². The van der Waals surface area contributed by atoms with Crippen LogP contribution in [-0.2, 0) is 19.3 Å². The first-order chi connectivity index (χ1) is 6.33. The van der Waals surface area contributed by atoms with Gasteiger partial charge in [-0.05, 0) is 27.7 Å². The Bertz CT molecular complexity index is 203. The SMILES string of the molecule is C=C(C)C(=O)OC[CH]OOC(C)(C)C. The monoisotopic (exact) mass is 201 g/mol. The van der Waals surface area contributed by atoms with E-state index in [0.717, 1.165) is 0 Å². The largest absolute Gasteiger partial charge is 0.459 e. The summed E-state index contributed by atoms with van der Waals surface area (Å²) < 4.78 is 4.72. The molecule has 0 aromatic rings. The van der Waals surface area contributed by atoms with Gasteiger partial charge >= 0.3 is 5.97 Å². The molecule has 0 saturated carbocycles. The van der Waals surface area contributed by atoms with Crippen LogP contribution in [0.5, 0.6) is 0 Å². The number of carbonyl (C=O) groups excluding carboxylic acids is 1. The van der Waals surface area contributed by atoms with Crippen LogP contribution in [0.1, 0.15) is 27.7 Å². The molecule has 1 radical (unpaired) electrons. The van der Waals surface area contributed by atoms with Crippen molar-refractivity contribution in [3.8, 4) is 0 Å². The van der Waals surface area contributed by atoms with Crippen LogP contribution in [-0.4, -0.2) is 18.2 Å². The maximum Gasteiger partial charge on any atom is 0.333 e.